The lowest BCUT2D eigenvalue weighted by molar-refractivity contribution is -0.135. The number of carbonyl (C=O) groups excluding carboxylic acids is 1. The Balaban J connectivity index is 1.55. The molecule has 0 aromatic heterocycles. The van der Waals surface area contributed by atoms with Crippen LogP contribution in [0.4, 0.5) is 4.79 Å². The molecule has 0 fully saturated rings. The first-order valence-electron chi connectivity index (χ1n) is 12.7. The van der Waals surface area contributed by atoms with E-state index in [4.69, 9.17) is 14.6 Å². The highest BCUT2D eigenvalue weighted by atomic mass is 79.9. The predicted molar refractivity (Wildman–Crippen MR) is 144 cm³/mol. The number of aliphatic hydroxyl groups is 1. The number of rotatable bonds is 7. The van der Waals surface area contributed by atoms with Gasteiger partial charge in [0.1, 0.15) is 28.6 Å². The number of urea groups is 1. The number of nitrogens with zero attached hydrogens (tertiary/aromatic N) is 1. The molecule has 2 aromatic carbocycles. The van der Waals surface area contributed by atoms with Gasteiger partial charge in [-0.05, 0) is 58.0 Å². The zero-order valence-electron chi connectivity index (χ0n) is 21.4. The molecular weight excluding hydrogens is 554 g/mol. The van der Waals surface area contributed by atoms with Crippen LogP contribution in [0.1, 0.15) is 36.5 Å². The molecule has 5 rings (SSSR count). The van der Waals surface area contributed by atoms with Gasteiger partial charge in [-0.15, -0.1) is 0 Å². The largest absolute Gasteiger partial charge is 0.495 e. The topological polar surface area (TPSA) is 120 Å². The van der Waals surface area contributed by atoms with Gasteiger partial charge in [0.15, 0.2) is 0 Å². The normalized spacial score (nSPS) is 25.3. The van der Waals surface area contributed by atoms with Crippen molar-refractivity contribution in [1.82, 2.24) is 15.5 Å². The number of carboxylic acid groups (broad SMARTS) is 1. The third kappa shape index (κ3) is 4.49. The van der Waals surface area contributed by atoms with Crippen LogP contribution in [0.2, 0.25) is 0 Å². The molecule has 10 heteroatoms. The zero-order valence-corrected chi connectivity index (χ0v) is 23.0. The van der Waals surface area contributed by atoms with Crippen LogP contribution in [0, 0.1) is 5.92 Å². The molecule has 9 nitrogen and oxygen atoms in total. The summed E-state index contributed by atoms with van der Waals surface area (Å²) in [6.45, 7) is 2.42. The Morgan fingerprint density at radius 1 is 1.29 bits per heavy atom. The fourth-order valence-electron chi connectivity index (χ4n) is 6.23. The first-order valence-corrected chi connectivity index (χ1v) is 13.5. The summed E-state index contributed by atoms with van der Waals surface area (Å²) in [5.74, 6) is 0.377. The van der Waals surface area contributed by atoms with E-state index < -0.39 is 23.5 Å². The summed E-state index contributed by atoms with van der Waals surface area (Å²) in [5, 5.41) is 25.8. The Morgan fingerprint density at radius 3 is 2.74 bits per heavy atom. The van der Waals surface area contributed by atoms with Gasteiger partial charge in [-0.25, -0.2) is 4.79 Å². The molecule has 0 unspecified atom stereocenters. The van der Waals surface area contributed by atoms with Crippen molar-refractivity contribution >= 4 is 27.9 Å². The number of aliphatic hydroxyl groups excluding tert-OH is 1. The van der Waals surface area contributed by atoms with Crippen LogP contribution in [0.15, 0.2) is 52.6 Å². The van der Waals surface area contributed by atoms with Crippen molar-refractivity contribution in [1.29, 1.82) is 0 Å². The van der Waals surface area contributed by atoms with Gasteiger partial charge in [0.2, 0.25) is 0 Å². The van der Waals surface area contributed by atoms with Crippen LogP contribution >= 0.6 is 15.9 Å². The lowest BCUT2D eigenvalue weighted by Gasteiger charge is -2.44. The van der Waals surface area contributed by atoms with Gasteiger partial charge >= 0.3 is 12.0 Å². The monoisotopic (exact) mass is 585 g/mol. The second-order valence-corrected chi connectivity index (χ2v) is 11.0. The highest BCUT2D eigenvalue weighted by Gasteiger charge is 2.58. The fraction of sp³-hybridized carbons (Fsp3) is 0.429. The highest BCUT2D eigenvalue weighted by molar-refractivity contribution is 9.10. The molecule has 2 amide bonds. The molecule has 0 saturated heterocycles. The Labute approximate surface area is 229 Å². The molecule has 38 heavy (non-hydrogen) atoms. The van der Waals surface area contributed by atoms with Gasteiger partial charge in [-0.2, -0.15) is 0 Å². The van der Waals surface area contributed by atoms with Crippen LogP contribution in [0.25, 0.3) is 0 Å². The number of nitrogens with one attached hydrogen (secondary N) is 2. The zero-order chi connectivity index (χ0) is 27.0. The summed E-state index contributed by atoms with van der Waals surface area (Å²) in [6, 6.07) is 10.9. The number of methoxy groups -OCH3 is 1. The van der Waals surface area contributed by atoms with E-state index >= 15 is 0 Å². The number of aliphatic carboxylic acids is 1. The maximum absolute atomic E-state index is 13.5. The molecule has 2 aliphatic heterocycles. The van der Waals surface area contributed by atoms with E-state index in [1.807, 2.05) is 42.5 Å². The SMILES string of the molecule is COc1cc2c3c(c1Br)O[C@@H]1C=C(NCC(=O)O)C[C@@H](C)[C@]31C[C@@H](CO)N(C(=O)NCc1ccccc1)C2. The van der Waals surface area contributed by atoms with Gasteiger partial charge in [-0.3, -0.25) is 4.79 Å². The fourth-order valence-corrected chi connectivity index (χ4v) is 6.80. The number of carboxylic acids is 1. The standard InChI is InChI=1S/C28H32BrN3O6/c1-16-8-19(30-13-23(34)35)10-22-28(16)11-20(15-33)32(27(36)31-12-17-6-4-3-5-7-17)14-18-9-21(37-2)25(29)26(38-22)24(18)28/h3-7,9-10,16,20,22,30,33H,8,11-15H2,1-2H3,(H,31,36)(H,34,35)/t16-,20+,22-,28+/m1/s1. The highest BCUT2D eigenvalue weighted by Crippen LogP contribution is 2.60. The number of amides is 2. The smallest absolute Gasteiger partial charge is 0.322 e. The van der Waals surface area contributed by atoms with Crippen molar-refractivity contribution in [3.05, 3.63) is 69.3 Å². The summed E-state index contributed by atoms with van der Waals surface area (Å²) < 4.78 is 12.9. The summed E-state index contributed by atoms with van der Waals surface area (Å²) in [4.78, 5) is 26.4. The minimum atomic E-state index is -0.934. The van der Waals surface area contributed by atoms with Gasteiger partial charge in [0.25, 0.3) is 0 Å². The molecule has 3 aliphatic rings. The molecule has 1 spiro atoms. The van der Waals surface area contributed by atoms with E-state index in [0.717, 1.165) is 22.4 Å². The van der Waals surface area contributed by atoms with E-state index in [-0.39, 0.29) is 31.6 Å². The second-order valence-electron chi connectivity index (χ2n) is 10.2. The molecular formula is C28H32BrN3O6. The van der Waals surface area contributed by atoms with Crippen LogP contribution in [0.5, 0.6) is 11.5 Å². The maximum Gasteiger partial charge on any atom is 0.322 e. The van der Waals surface area contributed by atoms with Crippen molar-refractivity contribution in [2.45, 2.75) is 50.4 Å². The Hall–Kier alpha value is -3.24. The Bertz CT molecular complexity index is 1270. The molecule has 0 saturated carbocycles. The average molecular weight is 586 g/mol. The quantitative estimate of drug-likeness (QED) is 0.392. The number of carbonyl (C=O) groups is 2. The summed E-state index contributed by atoms with van der Waals surface area (Å²) >= 11 is 3.67. The van der Waals surface area contributed by atoms with Crippen LogP contribution < -0.4 is 20.1 Å². The molecule has 4 atom stereocenters. The summed E-state index contributed by atoms with van der Waals surface area (Å²) in [7, 11) is 1.59. The van der Waals surface area contributed by atoms with Crippen molar-refractivity contribution < 1.29 is 29.3 Å². The van der Waals surface area contributed by atoms with Crippen molar-refractivity contribution in [3.63, 3.8) is 0 Å². The minimum absolute atomic E-state index is 0.0375. The van der Waals surface area contributed by atoms with Crippen LogP contribution in [0.3, 0.4) is 0 Å². The number of hydrogen-bond acceptors (Lipinski definition) is 6. The van der Waals surface area contributed by atoms with Crippen molar-refractivity contribution in [2.75, 3.05) is 20.3 Å². The maximum atomic E-state index is 13.5. The minimum Gasteiger partial charge on any atom is -0.495 e. The first kappa shape index (κ1) is 26.4. The van der Waals surface area contributed by atoms with Gasteiger partial charge < -0.3 is 35.2 Å². The molecule has 2 heterocycles. The molecule has 2 aromatic rings. The van der Waals surface area contributed by atoms with E-state index in [0.29, 0.717) is 35.4 Å². The Morgan fingerprint density at radius 2 is 2.05 bits per heavy atom. The van der Waals surface area contributed by atoms with E-state index in [1.54, 1.807) is 12.0 Å². The summed E-state index contributed by atoms with van der Waals surface area (Å²) in [5.41, 5.74) is 3.22. The second kappa shape index (κ2) is 10.5. The van der Waals surface area contributed by atoms with Crippen LogP contribution in [-0.2, 0) is 23.3 Å². The average Bonchev–Trinajstić information content (AvgIpc) is 3.17. The predicted octanol–water partition coefficient (Wildman–Crippen LogP) is 3.53. The van der Waals surface area contributed by atoms with Gasteiger partial charge in [0.05, 0.1) is 19.8 Å². The molecule has 0 bridgehead atoms. The number of hydrogen-bond donors (Lipinski definition) is 4. The number of benzene rings is 2. The molecule has 202 valence electrons. The van der Waals surface area contributed by atoms with Crippen molar-refractivity contribution in [2.24, 2.45) is 5.92 Å². The van der Waals surface area contributed by atoms with Crippen molar-refractivity contribution in [3.8, 4) is 11.5 Å². The summed E-state index contributed by atoms with van der Waals surface area (Å²) in [6.07, 6.45) is 2.68. The van der Waals surface area contributed by atoms with Gasteiger partial charge in [-0.1, -0.05) is 37.3 Å². The van der Waals surface area contributed by atoms with Gasteiger partial charge in [0, 0.05) is 29.8 Å². The number of ether oxygens (including phenoxy) is 2. The van der Waals surface area contributed by atoms with E-state index in [1.165, 1.54) is 0 Å². The number of halogens is 1. The van der Waals surface area contributed by atoms with E-state index in [9.17, 15) is 14.7 Å². The Kier molecular flexibility index (Phi) is 7.28. The number of allylic oxidation sites excluding steroid dienone is 1. The lowest BCUT2D eigenvalue weighted by atomic mass is 9.60. The van der Waals surface area contributed by atoms with Crippen LogP contribution in [-0.4, -0.2) is 59.5 Å². The lowest BCUT2D eigenvalue weighted by Crippen LogP contribution is -2.52. The van der Waals surface area contributed by atoms with E-state index in [2.05, 4.69) is 33.5 Å². The third-order valence-corrected chi connectivity index (χ3v) is 8.80. The molecule has 1 aliphatic carbocycles. The molecule has 4 N–H and O–H groups in total. The molecule has 0 radical (unpaired) electrons. The first-order chi connectivity index (χ1) is 18.3. The third-order valence-electron chi connectivity index (χ3n) is 8.04.